The van der Waals surface area contributed by atoms with Gasteiger partial charge in [-0.15, -0.1) is 0 Å². The van der Waals surface area contributed by atoms with Crippen LogP contribution in [0.15, 0.2) is 47.0 Å². The Labute approximate surface area is 134 Å². The van der Waals surface area contributed by atoms with Crippen LogP contribution >= 0.6 is 0 Å². The molecule has 2 aromatic carbocycles. The first-order chi connectivity index (χ1) is 11.2. The van der Waals surface area contributed by atoms with Gasteiger partial charge in [-0.25, -0.2) is 0 Å². The van der Waals surface area contributed by atoms with Crippen molar-refractivity contribution >= 4 is 16.7 Å². The molecule has 1 N–H and O–H groups in total. The number of ether oxygens (including phenoxy) is 1. The molecule has 0 spiro atoms. The van der Waals surface area contributed by atoms with Gasteiger partial charge >= 0.3 is 0 Å². The van der Waals surface area contributed by atoms with Crippen LogP contribution in [0.2, 0.25) is 0 Å². The Morgan fingerprint density at radius 2 is 2.09 bits per heavy atom. The van der Waals surface area contributed by atoms with E-state index in [-0.39, 0.29) is 5.91 Å². The van der Waals surface area contributed by atoms with Crippen LogP contribution in [0.1, 0.15) is 28.7 Å². The molecule has 1 amide bonds. The van der Waals surface area contributed by atoms with Gasteiger partial charge in [0.1, 0.15) is 17.2 Å². The summed E-state index contributed by atoms with van der Waals surface area (Å²) in [5, 5.41) is 8.63. The second-order valence-corrected chi connectivity index (χ2v) is 5.20. The number of hydrogen-bond donors (Lipinski definition) is 1. The fourth-order valence-corrected chi connectivity index (χ4v) is 2.52. The van der Waals surface area contributed by atoms with Crippen molar-refractivity contribution < 1.29 is 14.1 Å². The monoisotopic (exact) mass is 310 g/mol. The van der Waals surface area contributed by atoms with E-state index in [0.717, 1.165) is 16.5 Å². The van der Waals surface area contributed by atoms with Crippen molar-refractivity contribution in [1.29, 1.82) is 0 Å². The van der Waals surface area contributed by atoms with Gasteiger partial charge in [0.05, 0.1) is 18.7 Å². The number of aryl methyl sites for hydroxylation is 1. The third-order valence-corrected chi connectivity index (χ3v) is 3.52. The number of nitrogens with one attached hydrogen (secondary N) is 1. The van der Waals surface area contributed by atoms with E-state index < -0.39 is 0 Å². The molecule has 3 rings (SSSR count). The molecule has 23 heavy (non-hydrogen) atoms. The molecule has 0 fully saturated rings. The van der Waals surface area contributed by atoms with E-state index >= 15 is 0 Å². The van der Waals surface area contributed by atoms with Gasteiger partial charge in [0.15, 0.2) is 0 Å². The summed E-state index contributed by atoms with van der Waals surface area (Å²) in [7, 11) is 0. The Morgan fingerprint density at radius 3 is 2.83 bits per heavy atom. The van der Waals surface area contributed by atoms with Gasteiger partial charge in [-0.1, -0.05) is 35.5 Å². The van der Waals surface area contributed by atoms with Crippen molar-refractivity contribution in [3.8, 4) is 5.75 Å². The van der Waals surface area contributed by atoms with Gasteiger partial charge in [-0.05, 0) is 30.7 Å². The number of nitrogens with zero attached hydrogens (tertiary/aromatic N) is 1. The third-order valence-electron chi connectivity index (χ3n) is 3.52. The molecule has 0 aliphatic heterocycles. The minimum Gasteiger partial charge on any atom is -0.493 e. The number of amides is 1. The third kappa shape index (κ3) is 3.18. The first-order valence-corrected chi connectivity index (χ1v) is 7.54. The highest BCUT2D eigenvalue weighted by Crippen LogP contribution is 2.28. The second kappa shape index (κ2) is 6.52. The second-order valence-electron chi connectivity index (χ2n) is 5.20. The average Bonchev–Trinajstić information content (AvgIpc) is 2.98. The number of fused-ring (bicyclic) bond motifs is 1. The maximum atomic E-state index is 12.7. The van der Waals surface area contributed by atoms with Crippen LogP contribution in [-0.4, -0.2) is 17.7 Å². The quantitative estimate of drug-likeness (QED) is 0.784. The summed E-state index contributed by atoms with van der Waals surface area (Å²) in [4.78, 5) is 12.7. The van der Waals surface area contributed by atoms with Crippen molar-refractivity contribution in [1.82, 2.24) is 10.5 Å². The zero-order chi connectivity index (χ0) is 16.2. The number of carbonyl (C=O) groups excluding carboxylic acids is 1. The summed E-state index contributed by atoms with van der Waals surface area (Å²) in [6.07, 6.45) is 0. The van der Waals surface area contributed by atoms with Crippen molar-refractivity contribution in [2.75, 3.05) is 6.61 Å². The zero-order valence-electron chi connectivity index (χ0n) is 13.1. The van der Waals surface area contributed by atoms with Gasteiger partial charge in [0.2, 0.25) is 0 Å². The van der Waals surface area contributed by atoms with E-state index in [0.29, 0.717) is 30.2 Å². The molecule has 0 saturated carbocycles. The minimum absolute atomic E-state index is 0.189. The predicted molar refractivity (Wildman–Crippen MR) is 87.5 cm³/mol. The molecule has 1 aromatic heterocycles. The Morgan fingerprint density at radius 1 is 1.26 bits per heavy atom. The van der Waals surface area contributed by atoms with Crippen molar-refractivity contribution in [3.05, 3.63) is 59.5 Å². The number of rotatable bonds is 5. The van der Waals surface area contributed by atoms with Crippen LogP contribution in [0.3, 0.4) is 0 Å². The SMILES string of the molecule is CCOc1ccc2ccccc2c1C(=O)NCc1cc(C)on1. The van der Waals surface area contributed by atoms with E-state index in [1.54, 1.807) is 6.07 Å². The standard InChI is InChI=1S/C18H18N2O3/c1-3-22-16-9-8-13-6-4-5-7-15(13)17(16)18(21)19-11-14-10-12(2)23-20-14/h4-10H,3,11H2,1-2H3,(H,19,21). The minimum atomic E-state index is -0.189. The Bertz CT molecular complexity index is 839. The van der Waals surface area contributed by atoms with Crippen LogP contribution in [0, 0.1) is 6.92 Å². The molecule has 0 saturated heterocycles. The van der Waals surface area contributed by atoms with E-state index in [9.17, 15) is 4.79 Å². The van der Waals surface area contributed by atoms with E-state index in [1.807, 2.05) is 50.2 Å². The summed E-state index contributed by atoms with van der Waals surface area (Å²) in [5.74, 6) is 1.11. The molecule has 0 unspecified atom stereocenters. The van der Waals surface area contributed by atoms with E-state index in [1.165, 1.54) is 0 Å². The summed E-state index contributed by atoms with van der Waals surface area (Å²) >= 11 is 0. The molecular formula is C18H18N2O3. The smallest absolute Gasteiger partial charge is 0.256 e. The van der Waals surface area contributed by atoms with E-state index in [2.05, 4.69) is 10.5 Å². The molecule has 0 radical (unpaired) electrons. The maximum absolute atomic E-state index is 12.7. The first-order valence-electron chi connectivity index (χ1n) is 7.54. The summed E-state index contributed by atoms with van der Waals surface area (Å²) in [6, 6.07) is 13.3. The molecular weight excluding hydrogens is 292 g/mol. The van der Waals surface area contributed by atoms with Crippen LogP contribution in [0.4, 0.5) is 0 Å². The van der Waals surface area contributed by atoms with Crippen LogP contribution < -0.4 is 10.1 Å². The molecule has 1 heterocycles. The topological polar surface area (TPSA) is 64.4 Å². The molecule has 0 bridgehead atoms. The summed E-state index contributed by atoms with van der Waals surface area (Å²) < 4.78 is 10.6. The summed E-state index contributed by atoms with van der Waals surface area (Å²) in [6.45, 7) is 4.53. The molecule has 118 valence electrons. The highest BCUT2D eigenvalue weighted by atomic mass is 16.5. The summed E-state index contributed by atoms with van der Waals surface area (Å²) in [5.41, 5.74) is 1.24. The number of aromatic nitrogens is 1. The highest BCUT2D eigenvalue weighted by molar-refractivity contribution is 6.09. The predicted octanol–water partition coefficient (Wildman–Crippen LogP) is 3.46. The van der Waals surface area contributed by atoms with Crippen molar-refractivity contribution in [2.24, 2.45) is 0 Å². The maximum Gasteiger partial charge on any atom is 0.256 e. The molecule has 0 atom stereocenters. The first kappa shape index (κ1) is 15.1. The van der Waals surface area contributed by atoms with Gasteiger partial charge in [-0.3, -0.25) is 4.79 Å². The normalized spacial score (nSPS) is 10.7. The highest BCUT2D eigenvalue weighted by Gasteiger charge is 2.16. The zero-order valence-corrected chi connectivity index (χ0v) is 13.1. The van der Waals surface area contributed by atoms with Gasteiger partial charge in [-0.2, -0.15) is 0 Å². The Hall–Kier alpha value is -2.82. The molecule has 0 aliphatic carbocycles. The molecule has 0 aliphatic rings. The average molecular weight is 310 g/mol. The number of carbonyl (C=O) groups is 1. The van der Waals surface area contributed by atoms with Crippen LogP contribution in [-0.2, 0) is 6.54 Å². The van der Waals surface area contributed by atoms with Gasteiger partial charge < -0.3 is 14.6 Å². The Kier molecular flexibility index (Phi) is 4.28. The number of hydrogen-bond acceptors (Lipinski definition) is 4. The van der Waals surface area contributed by atoms with Gasteiger partial charge in [0, 0.05) is 6.07 Å². The van der Waals surface area contributed by atoms with Gasteiger partial charge in [0.25, 0.3) is 5.91 Å². The van der Waals surface area contributed by atoms with Crippen LogP contribution in [0.5, 0.6) is 5.75 Å². The Balaban J connectivity index is 1.92. The molecule has 5 heteroatoms. The van der Waals surface area contributed by atoms with Crippen LogP contribution in [0.25, 0.3) is 10.8 Å². The largest absolute Gasteiger partial charge is 0.493 e. The number of benzene rings is 2. The molecule has 5 nitrogen and oxygen atoms in total. The lowest BCUT2D eigenvalue weighted by Gasteiger charge is -2.13. The lowest BCUT2D eigenvalue weighted by Crippen LogP contribution is -2.24. The van der Waals surface area contributed by atoms with E-state index in [4.69, 9.17) is 9.26 Å². The van der Waals surface area contributed by atoms with Crippen molar-refractivity contribution in [3.63, 3.8) is 0 Å². The lowest BCUT2D eigenvalue weighted by atomic mass is 10.0. The van der Waals surface area contributed by atoms with Crippen molar-refractivity contribution in [2.45, 2.75) is 20.4 Å². The molecule has 3 aromatic rings. The fourth-order valence-electron chi connectivity index (χ4n) is 2.52. The fraction of sp³-hybridized carbons (Fsp3) is 0.222. The lowest BCUT2D eigenvalue weighted by molar-refractivity contribution is 0.0948.